The number of aromatic nitrogens is 4. The van der Waals surface area contributed by atoms with E-state index in [2.05, 4.69) is 31.2 Å². The van der Waals surface area contributed by atoms with Gasteiger partial charge in [-0.1, -0.05) is 6.92 Å². The molecule has 1 aromatic heterocycles. The molecule has 0 spiro atoms. The molecule has 5 aliphatic rings. The number of aliphatic hydroxyl groups is 1. The van der Waals surface area contributed by atoms with E-state index in [0.717, 1.165) is 12.8 Å². The Morgan fingerprint density at radius 1 is 1.30 bits per heavy atom. The maximum absolute atomic E-state index is 13.7. The normalized spacial score (nSPS) is 33.9. The highest BCUT2D eigenvalue weighted by Crippen LogP contribution is 2.53. The average Bonchev–Trinajstić information content (AvgIpc) is 3.79. The van der Waals surface area contributed by atoms with Gasteiger partial charge in [0.25, 0.3) is 0 Å². The largest absolute Gasteiger partial charge is 0.477 e. The van der Waals surface area contributed by atoms with Gasteiger partial charge in [-0.05, 0) is 54.4 Å². The lowest BCUT2D eigenvalue weighted by Gasteiger charge is -2.47. The highest BCUT2D eigenvalue weighted by Gasteiger charge is 2.61. The molecule has 0 bridgehead atoms. The molecule has 5 heterocycles. The van der Waals surface area contributed by atoms with Crippen LogP contribution in [0.15, 0.2) is 21.9 Å². The maximum Gasteiger partial charge on any atom is 0.353 e. The molecule has 0 radical (unpaired) electrons. The van der Waals surface area contributed by atoms with Crippen LogP contribution in [0.2, 0.25) is 0 Å². The van der Waals surface area contributed by atoms with E-state index >= 15 is 0 Å². The number of aliphatic hydroxyl groups excluding tert-OH is 1. The lowest BCUT2D eigenvalue weighted by atomic mass is 9.78. The van der Waals surface area contributed by atoms with Crippen molar-refractivity contribution >= 4 is 41.4 Å². The topological polar surface area (TPSA) is 247 Å². The molecule has 3 amide bonds. The highest BCUT2D eigenvalue weighted by molar-refractivity contribution is 8.03. The second-order valence-electron chi connectivity index (χ2n) is 13.2. The van der Waals surface area contributed by atoms with Gasteiger partial charge >= 0.3 is 5.97 Å². The maximum atomic E-state index is 13.7. The Kier molecular flexibility index (Phi) is 8.71. The fourth-order valence-electron chi connectivity index (χ4n) is 8.42. The van der Waals surface area contributed by atoms with Crippen molar-refractivity contribution in [3.8, 4) is 0 Å². The first kappa shape index (κ1) is 32.2. The van der Waals surface area contributed by atoms with E-state index in [1.807, 2.05) is 11.8 Å². The summed E-state index contributed by atoms with van der Waals surface area (Å²) in [5, 5.41) is 36.8. The Bertz CT molecular complexity index is 1450. The van der Waals surface area contributed by atoms with Crippen LogP contribution in [0.1, 0.15) is 39.5 Å². The van der Waals surface area contributed by atoms with E-state index in [0.29, 0.717) is 37.4 Å². The number of guanidine groups is 1. The lowest BCUT2D eigenvalue weighted by molar-refractivity contribution is -0.158. The van der Waals surface area contributed by atoms with Gasteiger partial charge in [0, 0.05) is 48.4 Å². The number of fused-ring (bicyclic) bond motifs is 2. The molecule has 1 unspecified atom stereocenters. The Balaban J connectivity index is 1.08. The number of carboxylic acids is 1. The third kappa shape index (κ3) is 5.70. The number of tetrazole rings is 1. The number of hydrogen-bond donors (Lipinski definition) is 6. The predicted octanol–water partition coefficient (Wildman–Crippen LogP) is -2.32. The predicted molar refractivity (Wildman–Crippen MR) is 164 cm³/mol. The summed E-state index contributed by atoms with van der Waals surface area (Å²) in [6, 6.07) is -1.35. The molecule has 4 aliphatic heterocycles. The number of carboxylic acid groups (broad SMARTS) is 1. The zero-order valence-electron chi connectivity index (χ0n) is 25.8. The van der Waals surface area contributed by atoms with Crippen molar-refractivity contribution in [3.05, 3.63) is 16.9 Å². The van der Waals surface area contributed by atoms with Gasteiger partial charge in [0.2, 0.25) is 17.7 Å². The number of amides is 3. The number of rotatable bonds is 11. The summed E-state index contributed by atoms with van der Waals surface area (Å²) in [4.78, 5) is 60.1. The molecule has 4 fully saturated rings. The summed E-state index contributed by atoms with van der Waals surface area (Å²) in [6.07, 6.45) is 3.90. The fourth-order valence-corrected chi connectivity index (χ4v) is 9.90. The number of carbonyl (C=O) groups excluding carboxylic acids is 3. The molecular weight excluding hydrogens is 618 g/mol. The van der Waals surface area contributed by atoms with Crippen LogP contribution in [-0.2, 0) is 25.7 Å². The van der Waals surface area contributed by atoms with Crippen LogP contribution in [-0.4, -0.2) is 126 Å². The van der Waals surface area contributed by atoms with E-state index < -0.39 is 30.0 Å². The number of nitrogens with one attached hydrogen (secondary N) is 2. The van der Waals surface area contributed by atoms with Crippen LogP contribution >= 0.6 is 11.8 Å². The smallest absolute Gasteiger partial charge is 0.353 e. The summed E-state index contributed by atoms with van der Waals surface area (Å²) < 4.78 is 1.27. The third-order valence-electron chi connectivity index (χ3n) is 10.4. The Hall–Kier alpha value is -3.77. The minimum absolute atomic E-state index is 0.00501. The number of nitrogens with two attached hydrogens (primary N) is 2. The first-order valence-corrected chi connectivity index (χ1v) is 16.5. The van der Waals surface area contributed by atoms with Crippen LogP contribution in [0.4, 0.5) is 0 Å². The second-order valence-corrected chi connectivity index (χ2v) is 14.6. The van der Waals surface area contributed by atoms with Gasteiger partial charge in [0.05, 0.1) is 24.0 Å². The molecule has 46 heavy (non-hydrogen) atoms. The molecule has 1 aliphatic carbocycles. The number of β-lactam (4-membered cyclic amide) rings is 1. The summed E-state index contributed by atoms with van der Waals surface area (Å²) in [5.74, 6) is -2.45. The molecule has 6 rings (SSSR count). The van der Waals surface area contributed by atoms with Crippen LogP contribution in [0.3, 0.4) is 0 Å². The minimum Gasteiger partial charge on any atom is -0.477 e. The van der Waals surface area contributed by atoms with Gasteiger partial charge in [-0.2, -0.15) is 0 Å². The van der Waals surface area contributed by atoms with E-state index in [1.165, 1.54) is 27.7 Å². The highest BCUT2D eigenvalue weighted by atomic mass is 32.2. The van der Waals surface area contributed by atoms with Gasteiger partial charge in [-0.25, -0.2) is 9.48 Å². The number of likely N-dealkylation sites (tertiary alicyclic amines) is 1. The number of aliphatic carboxylic acids is 1. The SMILES string of the molecule is C[C@@H](NC(=O)Cn1cnnn1)[C@H]1C(=O)N2C(C(=O)O)=C(S[C@@H]3CN[C@H](C(=O)N4CC5C[C@@H](N=C(N)N)C[C@]5(CCO)C4)C3)[C@H](C)[C@H]12. The number of nitrogens with zero attached hydrogens (tertiary/aromatic N) is 7. The second kappa shape index (κ2) is 12.4. The van der Waals surface area contributed by atoms with Gasteiger partial charge < -0.3 is 42.1 Å². The molecule has 17 nitrogen and oxygen atoms in total. The van der Waals surface area contributed by atoms with E-state index in [1.54, 1.807) is 6.92 Å². The molecule has 18 heteroatoms. The minimum atomic E-state index is -1.17. The molecule has 8 N–H and O–H groups in total. The number of carbonyl (C=O) groups is 4. The molecule has 3 saturated heterocycles. The molecule has 9 atom stereocenters. The van der Waals surface area contributed by atoms with Crippen molar-refractivity contribution in [2.75, 3.05) is 26.2 Å². The quantitative estimate of drug-likeness (QED) is 0.0831. The summed E-state index contributed by atoms with van der Waals surface area (Å²) in [5.41, 5.74) is 11.0. The van der Waals surface area contributed by atoms with Crippen molar-refractivity contribution in [2.45, 2.75) is 75.5 Å². The van der Waals surface area contributed by atoms with Gasteiger partial charge in [-0.3, -0.25) is 19.4 Å². The summed E-state index contributed by atoms with van der Waals surface area (Å²) in [7, 11) is 0. The van der Waals surface area contributed by atoms with Crippen molar-refractivity contribution < 1.29 is 29.4 Å². The Morgan fingerprint density at radius 2 is 2.09 bits per heavy atom. The standard InChI is InChI=1S/C28H41N11O6S/c1-13-21-20(14(2)33-19(41)10-38-12-32-35-36-38)25(43)39(21)22(26(44)45)23(13)46-17-6-18(31-8-17)24(42)37-9-15-5-16(34-27(29)30)7-28(15,11-37)3-4-40/h12-18,20-21,31,40H,3-11H2,1-2H3,(H,33,41)(H,44,45)(H4,29,30,34)/t13-,14-,15?,16-,17+,18+,20-,21-,28-/m1/s1. The van der Waals surface area contributed by atoms with E-state index in [-0.39, 0.29) is 71.1 Å². The fraction of sp³-hybridized carbons (Fsp3) is 0.714. The van der Waals surface area contributed by atoms with Crippen molar-refractivity contribution in [2.24, 2.45) is 39.6 Å². The van der Waals surface area contributed by atoms with E-state index in [4.69, 9.17) is 11.5 Å². The number of aliphatic imine (C=N–C) groups is 1. The molecular formula is C28H41N11O6S. The first-order valence-electron chi connectivity index (χ1n) is 15.6. The molecule has 0 aromatic carbocycles. The van der Waals surface area contributed by atoms with E-state index in [9.17, 15) is 29.4 Å². The molecule has 1 saturated carbocycles. The van der Waals surface area contributed by atoms with Crippen molar-refractivity contribution in [3.63, 3.8) is 0 Å². The number of thioether (sulfide) groups is 1. The van der Waals surface area contributed by atoms with Crippen molar-refractivity contribution in [1.29, 1.82) is 0 Å². The van der Waals surface area contributed by atoms with Crippen LogP contribution in [0.25, 0.3) is 0 Å². The Morgan fingerprint density at radius 3 is 2.76 bits per heavy atom. The van der Waals surface area contributed by atoms with Gasteiger partial charge in [0.15, 0.2) is 5.96 Å². The summed E-state index contributed by atoms with van der Waals surface area (Å²) >= 11 is 1.42. The molecule has 1 aromatic rings. The van der Waals surface area contributed by atoms with Crippen LogP contribution in [0.5, 0.6) is 0 Å². The average molecular weight is 660 g/mol. The van der Waals surface area contributed by atoms with Crippen LogP contribution in [0, 0.1) is 23.2 Å². The van der Waals surface area contributed by atoms with Gasteiger partial charge in [0.1, 0.15) is 18.6 Å². The third-order valence-corrected chi connectivity index (χ3v) is 11.9. The van der Waals surface area contributed by atoms with Crippen molar-refractivity contribution in [1.82, 2.24) is 40.6 Å². The Labute approximate surface area is 269 Å². The monoisotopic (exact) mass is 659 g/mol. The van der Waals surface area contributed by atoms with Crippen LogP contribution < -0.4 is 22.1 Å². The van der Waals surface area contributed by atoms with Gasteiger partial charge in [-0.15, -0.1) is 16.9 Å². The first-order chi connectivity index (χ1) is 21.9. The molecule has 250 valence electrons. The summed E-state index contributed by atoms with van der Waals surface area (Å²) in [6.45, 7) is 5.22. The number of hydrogen-bond acceptors (Lipinski definition) is 11. The zero-order chi connectivity index (χ0) is 32.9. The lowest BCUT2D eigenvalue weighted by Crippen LogP contribution is -2.66. The zero-order valence-corrected chi connectivity index (χ0v) is 26.6.